The van der Waals surface area contributed by atoms with Gasteiger partial charge in [-0.25, -0.2) is 0 Å². The van der Waals surface area contributed by atoms with Gasteiger partial charge in [0.15, 0.2) is 24.6 Å². The minimum Gasteiger partial charge on any atom is -0.462 e. The number of carbonyl (C=O) groups excluding carboxylic acids is 4. The van der Waals surface area contributed by atoms with Crippen LogP contribution in [-0.2, 0) is 52.3 Å². The van der Waals surface area contributed by atoms with Gasteiger partial charge in [0.1, 0.15) is 18.8 Å². The van der Waals surface area contributed by atoms with E-state index in [1.807, 2.05) is 0 Å². The maximum atomic E-state index is 11.6. The lowest BCUT2D eigenvalue weighted by atomic mass is 9.94. The standard InChI is InChI=1S/C17H26O11/c1-8(18)24-7-12(25-9(2)19)13-15(26-10(3)20)14(22-5)16(27-11(4)21)17(23-6)28-13/h12-17H,7H2,1-6H3. The Bertz CT molecular complexity index is 575. The van der Waals surface area contributed by atoms with Gasteiger partial charge < -0.3 is 33.2 Å². The topological polar surface area (TPSA) is 133 Å². The molecule has 11 heteroatoms. The molecule has 1 aliphatic rings. The van der Waals surface area contributed by atoms with Gasteiger partial charge in [-0.15, -0.1) is 0 Å². The molecule has 0 aromatic carbocycles. The molecule has 0 aromatic heterocycles. The lowest BCUT2D eigenvalue weighted by molar-refractivity contribution is -0.314. The molecular formula is C17H26O11. The molecular weight excluding hydrogens is 380 g/mol. The summed E-state index contributed by atoms with van der Waals surface area (Å²) in [5.74, 6) is -2.59. The monoisotopic (exact) mass is 406 g/mol. The van der Waals surface area contributed by atoms with E-state index in [-0.39, 0.29) is 6.61 Å². The highest BCUT2D eigenvalue weighted by Crippen LogP contribution is 2.31. The summed E-state index contributed by atoms with van der Waals surface area (Å²) in [6.45, 7) is 4.34. The van der Waals surface area contributed by atoms with Gasteiger partial charge >= 0.3 is 23.9 Å². The zero-order chi connectivity index (χ0) is 21.4. The van der Waals surface area contributed by atoms with Crippen LogP contribution in [0.2, 0.25) is 0 Å². The SMILES string of the molecule is COC1OC(C(COC(C)=O)OC(C)=O)C(OC(C)=O)C(OC)C1OC(C)=O. The molecule has 0 spiro atoms. The molecule has 160 valence electrons. The number of hydrogen-bond acceptors (Lipinski definition) is 11. The molecule has 1 saturated heterocycles. The molecule has 0 aromatic rings. The predicted octanol–water partition coefficient (Wildman–Crippen LogP) is -0.269. The predicted molar refractivity (Wildman–Crippen MR) is 89.8 cm³/mol. The van der Waals surface area contributed by atoms with E-state index in [4.69, 9.17) is 33.2 Å². The highest BCUT2D eigenvalue weighted by atomic mass is 16.7. The second kappa shape index (κ2) is 10.9. The van der Waals surface area contributed by atoms with Crippen LogP contribution >= 0.6 is 0 Å². The average molecular weight is 406 g/mol. The van der Waals surface area contributed by atoms with Gasteiger partial charge in [-0.2, -0.15) is 0 Å². The Labute approximate surface area is 162 Å². The van der Waals surface area contributed by atoms with Crippen molar-refractivity contribution in [1.82, 2.24) is 0 Å². The largest absolute Gasteiger partial charge is 0.462 e. The van der Waals surface area contributed by atoms with Gasteiger partial charge in [-0.05, 0) is 0 Å². The summed E-state index contributed by atoms with van der Waals surface area (Å²) in [6, 6.07) is 0. The Morgan fingerprint density at radius 1 is 0.786 bits per heavy atom. The molecule has 1 rings (SSSR count). The first kappa shape index (κ1) is 23.8. The van der Waals surface area contributed by atoms with E-state index in [0.29, 0.717) is 0 Å². The first-order valence-corrected chi connectivity index (χ1v) is 8.46. The van der Waals surface area contributed by atoms with Crippen molar-refractivity contribution in [3.63, 3.8) is 0 Å². The van der Waals surface area contributed by atoms with Crippen molar-refractivity contribution in [2.24, 2.45) is 0 Å². The third-order valence-electron chi connectivity index (χ3n) is 3.77. The second-order valence-corrected chi connectivity index (χ2v) is 6.00. The maximum Gasteiger partial charge on any atom is 0.303 e. The van der Waals surface area contributed by atoms with Gasteiger partial charge in [0.25, 0.3) is 0 Å². The van der Waals surface area contributed by atoms with Crippen LogP contribution in [0.25, 0.3) is 0 Å². The van der Waals surface area contributed by atoms with E-state index in [0.717, 1.165) is 6.92 Å². The lowest BCUT2D eigenvalue weighted by Gasteiger charge is -2.45. The molecule has 0 bridgehead atoms. The summed E-state index contributed by atoms with van der Waals surface area (Å²) < 4.78 is 37.1. The Morgan fingerprint density at radius 2 is 1.36 bits per heavy atom. The number of carbonyl (C=O) groups is 4. The molecule has 1 heterocycles. The quantitative estimate of drug-likeness (QED) is 0.389. The Kier molecular flexibility index (Phi) is 9.29. The third kappa shape index (κ3) is 6.73. The van der Waals surface area contributed by atoms with Crippen LogP contribution in [0, 0.1) is 0 Å². The lowest BCUT2D eigenvalue weighted by Crippen LogP contribution is -2.64. The fraction of sp³-hybridized carbons (Fsp3) is 0.765. The van der Waals surface area contributed by atoms with E-state index in [1.165, 1.54) is 35.0 Å². The van der Waals surface area contributed by atoms with Crippen LogP contribution in [0.3, 0.4) is 0 Å². The molecule has 1 aliphatic heterocycles. The molecule has 0 N–H and O–H groups in total. The minimum atomic E-state index is -1.15. The van der Waals surface area contributed by atoms with Gasteiger partial charge in [0.05, 0.1) is 0 Å². The maximum absolute atomic E-state index is 11.6. The molecule has 6 unspecified atom stereocenters. The summed E-state index contributed by atoms with van der Waals surface area (Å²) in [6.07, 6.45) is -6.63. The van der Waals surface area contributed by atoms with Crippen molar-refractivity contribution < 1.29 is 52.3 Å². The highest BCUT2D eigenvalue weighted by molar-refractivity contribution is 5.68. The number of rotatable bonds is 8. The molecule has 0 saturated carbocycles. The van der Waals surface area contributed by atoms with Crippen molar-refractivity contribution in [2.75, 3.05) is 20.8 Å². The molecule has 11 nitrogen and oxygen atoms in total. The van der Waals surface area contributed by atoms with Gasteiger partial charge in [-0.3, -0.25) is 19.2 Å². The average Bonchev–Trinajstić information content (AvgIpc) is 2.57. The second-order valence-electron chi connectivity index (χ2n) is 6.00. The normalized spacial score (nSPS) is 28.0. The van der Waals surface area contributed by atoms with Crippen LogP contribution < -0.4 is 0 Å². The summed E-state index contributed by atoms with van der Waals surface area (Å²) in [7, 11) is 2.63. The van der Waals surface area contributed by atoms with Crippen LogP contribution in [0.1, 0.15) is 27.7 Å². The van der Waals surface area contributed by atoms with Crippen molar-refractivity contribution in [3.8, 4) is 0 Å². The molecule has 28 heavy (non-hydrogen) atoms. The van der Waals surface area contributed by atoms with E-state index in [2.05, 4.69) is 0 Å². The Balaban J connectivity index is 3.28. The third-order valence-corrected chi connectivity index (χ3v) is 3.77. The molecule has 0 radical (unpaired) electrons. The van der Waals surface area contributed by atoms with E-state index in [9.17, 15) is 19.2 Å². The zero-order valence-electron chi connectivity index (χ0n) is 16.7. The zero-order valence-corrected chi connectivity index (χ0v) is 16.7. The smallest absolute Gasteiger partial charge is 0.303 e. The van der Waals surface area contributed by atoms with Crippen LogP contribution in [0.5, 0.6) is 0 Å². The fourth-order valence-corrected chi connectivity index (χ4v) is 2.84. The van der Waals surface area contributed by atoms with Crippen LogP contribution in [0.15, 0.2) is 0 Å². The first-order valence-electron chi connectivity index (χ1n) is 8.46. The van der Waals surface area contributed by atoms with Gasteiger partial charge in [0, 0.05) is 41.9 Å². The number of methoxy groups -OCH3 is 2. The van der Waals surface area contributed by atoms with Crippen LogP contribution in [-0.4, -0.2) is 81.5 Å². The molecule has 0 amide bonds. The molecule has 0 aliphatic carbocycles. The van der Waals surface area contributed by atoms with E-state index < -0.39 is 60.7 Å². The van der Waals surface area contributed by atoms with Crippen molar-refractivity contribution in [2.45, 2.75) is 64.5 Å². The first-order chi connectivity index (χ1) is 13.1. The van der Waals surface area contributed by atoms with E-state index in [1.54, 1.807) is 0 Å². The summed E-state index contributed by atoms with van der Waals surface area (Å²) in [4.78, 5) is 45.8. The molecule has 1 fully saturated rings. The van der Waals surface area contributed by atoms with Gasteiger partial charge in [0.2, 0.25) is 0 Å². The highest BCUT2D eigenvalue weighted by Gasteiger charge is 2.53. The summed E-state index contributed by atoms with van der Waals surface area (Å²) >= 11 is 0. The fourth-order valence-electron chi connectivity index (χ4n) is 2.84. The summed E-state index contributed by atoms with van der Waals surface area (Å²) in [5.41, 5.74) is 0. The van der Waals surface area contributed by atoms with Crippen molar-refractivity contribution in [3.05, 3.63) is 0 Å². The van der Waals surface area contributed by atoms with Crippen molar-refractivity contribution in [1.29, 1.82) is 0 Å². The minimum absolute atomic E-state index is 0.359. The summed E-state index contributed by atoms with van der Waals surface area (Å²) in [5, 5.41) is 0. The van der Waals surface area contributed by atoms with Crippen molar-refractivity contribution >= 4 is 23.9 Å². The Morgan fingerprint density at radius 3 is 1.79 bits per heavy atom. The van der Waals surface area contributed by atoms with Gasteiger partial charge in [-0.1, -0.05) is 0 Å². The van der Waals surface area contributed by atoms with Crippen LogP contribution in [0.4, 0.5) is 0 Å². The van der Waals surface area contributed by atoms with E-state index >= 15 is 0 Å². The molecule has 6 atom stereocenters. The number of hydrogen-bond donors (Lipinski definition) is 0. The Hall–Kier alpha value is -2.24. The number of esters is 4. The number of ether oxygens (including phenoxy) is 7.